The van der Waals surface area contributed by atoms with E-state index in [9.17, 15) is 14.0 Å². The van der Waals surface area contributed by atoms with Gasteiger partial charge in [-0.25, -0.2) is 9.37 Å². The number of imidazole rings is 1. The summed E-state index contributed by atoms with van der Waals surface area (Å²) in [5.41, 5.74) is 3.10. The van der Waals surface area contributed by atoms with Gasteiger partial charge in [0.25, 0.3) is 5.91 Å². The highest BCUT2D eigenvalue weighted by molar-refractivity contribution is 6.10. The van der Waals surface area contributed by atoms with E-state index in [4.69, 9.17) is 4.74 Å². The summed E-state index contributed by atoms with van der Waals surface area (Å²) < 4.78 is 21.8. The van der Waals surface area contributed by atoms with Crippen LogP contribution in [0.5, 0.6) is 0 Å². The van der Waals surface area contributed by atoms with E-state index in [0.717, 1.165) is 16.8 Å². The van der Waals surface area contributed by atoms with Gasteiger partial charge in [-0.15, -0.1) is 0 Å². The summed E-state index contributed by atoms with van der Waals surface area (Å²) in [7, 11) is 0. The normalized spacial score (nSPS) is 14.1. The molecule has 0 bridgehead atoms. The molecule has 1 fully saturated rings. The van der Waals surface area contributed by atoms with Crippen LogP contribution in [0.2, 0.25) is 0 Å². The van der Waals surface area contributed by atoms with E-state index in [1.54, 1.807) is 24.3 Å². The number of amides is 2. The number of fused-ring (bicyclic) bond motifs is 2. The number of rotatable bonds is 4. The summed E-state index contributed by atoms with van der Waals surface area (Å²) >= 11 is 0. The molecule has 0 unspecified atom stereocenters. The molecule has 0 aliphatic carbocycles. The molecule has 0 radical (unpaired) electrons. The molecule has 162 valence electrons. The summed E-state index contributed by atoms with van der Waals surface area (Å²) in [4.78, 5) is 30.5. The minimum absolute atomic E-state index is 0.300. The van der Waals surface area contributed by atoms with Crippen molar-refractivity contribution in [3.8, 4) is 5.69 Å². The molecule has 7 nitrogen and oxygen atoms in total. The van der Waals surface area contributed by atoms with Crippen molar-refractivity contribution < 1.29 is 18.7 Å². The maximum absolute atomic E-state index is 14.5. The fraction of sp³-hybridized carbons (Fsp3) is 0.208. The number of halogens is 1. The summed E-state index contributed by atoms with van der Waals surface area (Å²) in [6.07, 6.45) is 0.368. The average Bonchev–Trinajstić information content (AvgIpc) is 3.15. The number of nitrogens with zero attached hydrogens (tertiary/aromatic N) is 3. The molecular formula is C24H21FN4O3. The lowest BCUT2D eigenvalue weighted by Gasteiger charge is -2.29. The molecule has 5 rings (SSSR count). The van der Waals surface area contributed by atoms with Gasteiger partial charge >= 0.3 is 0 Å². The van der Waals surface area contributed by atoms with Crippen molar-refractivity contribution in [3.05, 3.63) is 65.7 Å². The second-order valence-electron chi connectivity index (χ2n) is 7.66. The quantitative estimate of drug-likeness (QED) is 0.501. The number of hydrogen-bond acceptors (Lipinski definition) is 5. The van der Waals surface area contributed by atoms with E-state index in [1.807, 2.05) is 29.7 Å². The lowest BCUT2D eigenvalue weighted by atomic mass is 10.1. The number of aryl methyl sites for hydroxylation is 1. The molecule has 4 aromatic rings. The summed E-state index contributed by atoms with van der Waals surface area (Å²) in [6, 6.07) is 14.2. The Bertz CT molecular complexity index is 1360. The zero-order chi connectivity index (χ0) is 22.2. The van der Waals surface area contributed by atoms with Crippen LogP contribution in [-0.2, 0) is 9.53 Å². The van der Waals surface area contributed by atoms with E-state index >= 15 is 0 Å². The first-order valence-electron chi connectivity index (χ1n) is 10.4. The molecule has 0 atom stereocenters. The number of anilines is 1. The molecule has 1 aromatic heterocycles. The molecule has 1 saturated heterocycles. The summed E-state index contributed by atoms with van der Waals surface area (Å²) in [6.45, 7) is 4.40. The van der Waals surface area contributed by atoms with Crippen LogP contribution in [0.25, 0.3) is 27.5 Å². The predicted molar refractivity (Wildman–Crippen MR) is 120 cm³/mol. The standard InChI is InChI=1S/C24H21FN4O3/c1-15-27-23-19(24(31)26-14-30)12-16(28-8-10-32-11-9-28)13-22(23)29(15)21-7-6-20(25)17-4-2-3-5-18(17)21/h2-7,12-14H,8-11H2,1H3,(H,26,30,31). The molecule has 1 N–H and O–H groups in total. The monoisotopic (exact) mass is 432 g/mol. The lowest BCUT2D eigenvalue weighted by Crippen LogP contribution is -2.36. The molecule has 0 spiro atoms. The van der Waals surface area contributed by atoms with Gasteiger partial charge in [-0.3, -0.25) is 19.5 Å². The molecule has 3 aromatic carbocycles. The average molecular weight is 432 g/mol. The van der Waals surface area contributed by atoms with Crippen LogP contribution in [0.1, 0.15) is 16.2 Å². The van der Waals surface area contributed by atoms with Crippen molar-refractivity contribution in [1.82, 2.24) is 14.9 Å². The van der Waals surface area contributed by atoms with Crippen molar-refractivity contribution >= 4 is 39.8 Å². The van der Waals surface area contributed by atoms with Gasteiger partial charge < -0.3 is 9.64 Å². The van der Waals surface area contributed by atoms with E-state index in [2.05, 4.69) is 15.2 Å². The first-order valence-corrected chi connectivity index (χ1v) is 10.4. The van der Waals surface area contributed by atoms with Crippen LogP contribution in [0.15, 0.2) is 48.5 Å². The number of ether oxygens (including phenoxy) is 1. The number of carbonyl (C=O) groups is 2. The van der Waals surface area contributed by atoms with Gasteiger partial charge in [0.15, 0.2) is 0 Å². The Morgan fingerprint density at radius 3 is 2.62 bits per heavy atom. The maximum atomic E-state index is 14.5. The fourth-order valence-corrected chi connectivity index (χ4v) is 4.33. The number of carbonyl (C=O) groups excluding carboxylic acids is 2. The second kappa shape index (κ2) is 8.05. The number of nitrogens with one attached hydrogen (secondary N) is 1. The third-order valence-electron chi connectivity index (χ3n) is 5.81. The third-order valence-corrected chi connectivity index (χ3v) is 5.81. The van der Waals surface area contributed by atoms with Crippen LogP contribution in [0.4, 0.5) is 10.1 Å². The number of aromatic nitrogens is 2. The molecule has 2 amide bonds. The van der Waals surface area contributed by atoms with Crippen molar-refractivity contribution in [2.24, 2.45) is 0 Å². The van der Waals surface area contributed by atoms with E-state index < -0.39 is 5.91 Å². The predicted octanol–water partition coefficient (Wildman–Crippen LogP) is 3.35. The summed E-state index contributed by atoms with van der Waals surface area (Å²) in [5, 5.41) is 3.48. The van der Waals surface area contributed by atoms with Gasteiger partial charge in [0.1, 0.15) is 17.2 Å². The molecular weight excluding hydrogens is 411 g/mol. The van der Waals surface area contributed by atoms with E-state index in [0.29, 0.717) is 60.5 Å². The fourth-order valence-electron chi connectivity index (χ4n) is 4.33. The highest BCUT2D eigenvalue weighted by atomic mass is 19.1. The number of morpholine rings is 1. The van der Waals surface area contributed by atoms with Gasteiger partial charge in [-0.05, 0) is 31.2 Å². The van der Waals surface area contributed by atoms with Crippen LogP contribution >= 0.6 is 0 Å². The zero-order valence-electron chi connectivity index (χ0n) is 17.5. The van der Waals surface area contributed by atoms with Gasteiger partial charge in [-0.2, -0.15) is 0 Å². The molecule has 1 aliphatic heterocycles. The second-order valence-corrected chi connectivity index (χ2v) is 7.66. The Morgan fingerprint density at radius 2 is 1.88 bits per heavy atom. The van der Waals surface area contributed by atoms with Crippen LogP contribution in [-0.4, -0.2) is 48.2 Å². The lowest BCUT2D eigenvalue weighted by molar-refractivity contribution is -0.108. The van der Waals surface area contributed by atoms with Gasteiger partial charge in [0.05, 0.1) is 30.0 Å². The minimum atomic E-state index is -0.520. The molecule has 1 aliphatic rings. The molecule has 0 saturated carbocycles. The Labute approximate surface area is 183 Å². The minimum Gasteiger partial charge on any atom is -0.378 e. The van der Waals surface area contributed by atoms with Gasteiger partial charge in [0.2, 0.25) is 6.41 Å². The van der Waals surface area contributed by atoms with Crippen LogP contribution in [0, 0.1) is 12.7 Å². The van der Waals surface area contributed by atoms with Crippen LogP contribution < -0.4 is 10.2 Å². The smallest absolute Gasteiger partial charge is 0.259 e. The Morgan fingerprint density at radius 1 is 1.12 bits per heavy atom. The van der Waals surface area contributed by atoms with E-state index in [1.165, 1.54) is 6.07 Å². The molecule has 8 heteroatoms. The highest BCUT2D eigenvalue weighted by Crippen LogP contribution is 2.33. The highest BCUT2D eigenvalue weighted by Gasteiger charge is 2.22. The zero-order valence-corrected chi connectivity index (χ0v) is 17.5. The van der Waals surface area contributed by atoms with Crippen molar-refractivity contribution in [3.63, 3.8) is 0 Å². The van der Waals surface area contributed by atoms with Gasteiger partial charge in [0, 0.05) is 29.5 Å². The summed E-state index contributed by atoms with van der Waals surface area (Å²) in [5.74, 6) is -0.170. The van der Waals surface area contributed by atoms with Crippen molar-refractivity contribution in [1.29, 1.82) is 0 Å². The van der Waals surface area contributed by atoms with Gasteiger partial charge in [-0.1, -0.05) is 24.3 Å². The maximum Gasteiger partial charge on any atom is 0.259 e. The Balaban J connectivity index is 1.80. The number of imide groups is 1. The number of benzene rings is 3. The molecule has 2 heterocycles. The SMILES string of the molecule is Cc1nc2c(C(=O)NC=O)cc(N3CCOCC3)cc2n1-c1ccc(F)c2ccccc12. The topological polar surface area (TPSA) is 76.5 Å². The third kappa shape index (κ3) is 3.29. The number of hydrogen-bond donors (Lipinski definition) is 1. The Kier molecular flexibility index (Phi) is 5.07. The largest absolute Gasteiger partial charge is 0.378 e. The van der Waals surface area contributed by atoms with E-state index in [-0.39, 0.29) is 5.82 Å². The first kappa shape index (κ1) is 20.1. The van der Waals surface area contributed by atoms with Crippen molar-refractivity contribution in [2.75, 3.05) is 31.2 Å². The Hall–Kier alpha value is -3.78. The molecule has 32 heavy (non-hydrogen) atoms. The first-order chi connectivity index (χ1) is 15.6. The van der Waals surface area contributed by atoms with Crippen molar-refractivity contribution in [2.45, 2.75) is 6.92 Å². The van der Waals surface area contributed by atoms with Crippen LogP contribution in [0.3, 0.4) is 0 Å².